The highest BCUT2D eigenvalue weighted by Gasteiger charge is 2.10. The van der Waals surface area contributed by atoms with Crippen LogP contribution in [0.2, 0.25) is 5.02 Å². The SMILES string of the molecule is Cc1cc(Oc2nc[nH]c(=O)c2Cl)c(C)cc1N. The Morgan fingerprint density at radius 1 is 1.33 bits per heavy atom. The van der Waals surface area contributed by atoms with E-state index < -0.39 is 5.56 Å². The monoisotopic (exact) mass is 265 g/mol. The van der Waals surface area contributed by atoms with Crippen molar-refractivity contribution < 1.29 is 4.74 Å². The number of halogens is 1. The van der Waals surface area contributed by atoms with Crippen LogP contribution in [0.4, 0.5) is 5.69 Å². The zero-order chi connectivity index (χ0) is 13.3. The topological polar surface area (TPSA) is 81.0 Å². The molecule has 0 bridgehead atoms. The maximum atomic E-state index is 11.3. The maximum absolute atomic E-state index is 11.3. The Balaban J connectivity index is 2.43. The summed E-state index contributed by atoms with van der Waals surface area (Å²) < 4.78 is 5.54. The van der Waals surface area contributed by atoms with Gasteiger partial charge in [-0.3, -0.25) is 4.79 Å². The van der Waals surface area contributed by atoms with Gasteiger partial charge in [-0.15, -0.1) is 0 Å². The highest BCUT2D eigenvalue weighted by atomic mass is 35.5. The number of benzene rings is 1. The van der Waals surface area contributed by atoms with Gasteiger partial charge >= 0.3 is 0 Å². The smallest absolute Gasteiger partial charge is 0.273 e. The summed E-state index contributed by atoms with van der Waals surface area (Å²) in [7, 11) is 0. The average molecular weight is 266 g/mol. The molecular weight excluding hydrogens is 254 g/mol. The first-order valence-corrected chi connectivity index (χ1v) is 5.64. The van der Waals surface area contributed by atoms with Crippen LogP contribution >= 0.6 is 11.6 Å². The van der Waals surface area contributed by atoms with Crippen LogP contribution in [0.25, 0.3) is 0 Å². The maximum Gasteiger partial charge on any atom is 0.273 e. The molecule has 1 aromatic carbocycles. The van der Waals surface area contributed by atoms with Gasteiger partial charge in [-0.25, -0.2) is 4.98 Å². The van der Waals surface area contributed by atoms with E-state index in [2.05, 4.69) is 9.97 Å². The Morgan fingerprint density at radius 2 is 2.06 bits per heavy atom. The molecule has 0 unspecified atom stereocenters. The molecule has 0 atom stereocenters. The molecule has 0 radical (unpaired) electrons. The molecule has 1 heterocycles. The highest BCUT2D eigenvalue weighted by molar-refractivity contribution is 6.31. The molecule has 0 aliphatic rings. The van der Waals surface area contributed by atoms with E-state index in [-0.39, 0.29) is 10.9 Å². The zero-order valence-electron chi connectivity index (χ0n) is 9.95. The molecule has 0 amide bonds. The molecule has 1 aromatic heterocycles. The summed E-state index contributed by atoms with van der Waals surface area (Å²) in [6.45, 7) is 3.72. The minimum Gasteiger partial charge on any atom is -0.437 e. The number of rotatable bonds is 2. The largest absolute Gasteiger partial charge is 0.437 e. The Morgan fingerprint density at radius 3 is 2.78 bits per heavy atom. The Hall–Kier alpha value is -2.01. The van der Waals surface area contributed by atoms with Gasteiger partial charge in [-0.1, -0.05) is 11.6 Å². The van der Waals surface area contributed by atoms with Gasteiger partial charge in [0.2, 0.25) is 5.88 Å². The third-order valence-electron chi connectivity index (χ3n) is 2.53. The van der Waals surface area contributed by atoms with Gasteiger partial charge in [0.15, 0.2) is 5.02 Å². The average Bonchev–Trinajstić information content (AvgIpc) is 2.32. The number of hydrogen-bond acceptors (Lipinski definition) is 4. The second kappa shape index (κ2) is 4.70. The fourth-order valence-corrected chi connectivity index (χ4v) is 1.61. The predicted octanol–water partition coefficient (Wildman–Crippen LogP) is 2.41. The molecule has 5 nitrogen and oxygen atoms in total. The van der Waals surface area contributed by atoms with Crippen LogP contribution < -0.4 is 16.0 Å². The number of nitrogen functional groups attached to an aromatic ring is 1. The summed E-state index contributed by atoms with van der Waals surface area (Å²) in [5.41, 5.74) is 7.76. The number of nitrogens with zero attached hydrogens (tertiary/aromatic N) is 1. The first-order valence-electron chi connectivity index (χ1n) is 5.27. The number of H-pyrrole nitrogens is 1. The van der Waals surface area contributed by atoms with Crippen molar-refractivity contribution in [1.29, 1.82) is 0 Å². The van der Waals surface area contributed by atoms with Gasteiger partial charge in [-0.05, 0) is 37.1 Å². The van der Waals surface area contributed by atoms with Gasteiger partial charge in [0.1, 0.15) is 5.75 Å². The molecule has 94 valence electrons. The number of aryl methyl sites for hydroxylation is 2. The molecule has 3 N–H and O–H groups in total. The number of ether oxygens (including phenoxy) is 1. The molecule has 6 heteroatoms. The van der Waals surface area contributed by atoms with Gasteiger partial charge in [-0.2, -0.15) is 0 Å². The summed E-state index contributed by atoms with van der Waals surface area (Å²) in [6.07, 6.45) is 1.24. The van der Waals surface area contributed by atoms with Gasteiger partial charge < -0.3 is 15.5 Å². The van der Waals surface area contributed by atoms with Gasteiger partial charge in [0.25, 0.3) is 5.56 Å². The third-order valence-corrected chi connectivity index (χ3v) is 2.87. The van der Waals surface area contributed by atoms with Crippen LogP contribution in [-0.4, -0.2) is 9.97 Å². The van der Waals surface area contributed by atoms with E-state index in [0.29, 0.717) is 11.4 Å². The van der Waals surface area contributed by atoms with Crippen molar-refractivity contribution in [1.82, 2.24) is 9.97 Å². The Bertz CT molecular complexity index is 652. The summed E-state index contributed by atoms with van der Waals surface area (Å²) in [5, 5.41) is -0.0774. The fourth-order valence-electron chi connectivity index (χ4n) is 1.46. The van der Waals surface area contributed by atoms with Gasteiger partial charge in [0, 0.05) is 5.69 Å². The number of nitrogens with two attached hydrogens (primary N) is 1. The molecule has 0 fully saturated rings. The lowest BCUT2D eigenvalue weighted by atomic mass is 10.1. The van der Waals surface area contributed by atoms with Crippen LogP contribution in [-0.2, 0) is 0 Å². The van der Waals surface area contributed by atoms with E-state index >= 15 is 0 Å². The van der Waals surface area contributed by atoms with E-state index in [0.717, 1.165) is 11.1 Å². The van der Waals surface area contributed by atoms with Crippen molar-refractivity contribution >= 4 is 17.3 Å². The molecule has 0 saturated carbocycles. The Labute approximate surface area is 109 Å². The first-order chi connectivity index (χ1) is 8.49. The number of hydrogen-bond donors (Lipinski definition) is 2. The van der Waals surface area contributed by atoms with Crippen molar-refractivity contribution in [2.75, 3.05) is 5.73 Å². The van der Waals surface area contributed by atoms with Crippen LogP contribution in [0.3, 0.4) is 0 Å². The van der Waals surface area contributed by atoms with E-state index in [1.165, 1.54) is 6.33 Å². The standard InChI is InChI=1S/C12H12ClN3O2/c1-6-4-9(7(2)3-8(6)14)18-12-10(13)11(17)15-5-16-12/h3-5H,14H2,1-2H3,(H,15,16,17). The lowest BCUT2D eigenvalue weighted by molar-refractivity contribution is 0.457. The summed E-state index contributed by atoms with van der Waals surface area (Å²) >= 11 is 5.81. The molecule has 0 aliphatic heterocycles. The lowest BCUT2D eigenvalue weighted by Crippen LogP contribution is -2.08. The second-order valence-electron chi connectivity index (χ2n) is 3.93. The van der Waals surface area contributed by atoms with E-state index in [1.807, 2.05) is 13.8 Å². The third kappa shape index (κ3) is 2.31. The quantitative estimate of drug-likeness (QED) is 0.817. The van der Waals surface area contributed by atoms with Crippen LogP contribution in [0, 0.1) is 13.8 Å². The molecular formula is C12H12ClN3O2. The fraction of sp³-hybridized carbons (Fsp3) is 0.167. The summed E-state index contributed by atoms with van der Waals surface area (Å²) in [6, 6.07) is 3.58. The minimum atomic E-state index is -0.438. The molecule has 0 saturated heterocycles. The molecule has 2 aromatic rings. The first kappa shape index (κ1) is 12.4. The molecule has 2 rings (SSSR count). The predicted molar refractivity (Wildman–Crippen MR) is 70.3 cm³/mol. The van der Waals surface area contributed by atoms with Gasteiger partial charge in [0.05, 0.1) is 6.33 Å². The second-order valence-corrected chi connectivity index (χ2v) is 4.31. The van der Waals surface area contributed by atoms with Crippen molar-refractivity contribution in [3.05, 3.63) is 45.0 Å². The number of anilines is 1. The number of aromatic nitrogens is 2. The molecule has 0 aliphatic carbocycles. The van der Waals surface area contributed by atoms with Crippen molar-refractivity contribution in [3.8, 4) is 11.6 Å². The number of aromatic amines is 1. The van der Waals surface area contributed by atoms with Crippen molar-refractivity contribution in [2.24, 2.45) is 0 Å². The molecule has 18 heavy (non-hydrogen) atoms. The van der Waals surface area contributed by atoms with E-state index in [4.69, 9.17) is 22.1 Å². The van der Waals surface area contributed by atoms with Crippen molar-refractivity contribution in [2.45, 2.75) is 13.8 Å². The minimum absolute atomic E-state index is 0.0766. The zero-order valence-corrected chi connectivity index (χ0v) is 10.7. The Kier molecular flexibility index (Phi) is 3.25. The normalized spacial score (nSPS) is 10.4. The van der Waals surface area contributed by atoms with Crippen LogP contribution in [0.15, 0.2) is 23.3 Å². The summed E-state index contributed by atoms with van der Waals surface area (Å²) in [4.78, 5) is 17.6. The highest BCUT2D eigenvalue weighted by Crippen LogP contribution is 2.29. The van der Waals surface area contributed by atoms with Crippen molar-refractivity contribution in [3.63, 3.8) is 0 Å². The van der Waals surface area contributed by atoms with E-state index in [1.54, 1.807) is 12.1 Å². The van der Waals surface area contributed by atoms with Crippen LogP contribution in [0.5, 0.6) is 11.6 Å². The number of nitrogens with one attached hydrogen (secondary N) is 1. The van der Waals surface area contributed by atoms with Crippen LogP contribution in [0.1, 0.15) is 11.1 Å². The molecule has 0 spiro atoms. The summed E-state index contributed by atoms with van der Waals surface area (Å²) in [5.74, 6) is 0.648. The lowest BCUT2D eigenvalue weighted by Gasteiger charge is -2.10. The van der Waals surface area contributed by atoms with E-state index in [9.17, 15) is 4.79 Å².